The summed E-state index contributed by atoms with van der Waals surface area (Å²) in [7, 11) is -1.66. The van der Waals surface area contributed by atoms with Crippen molar-refractivity contribution in [2.24, 2.45) is 0 Å². The molecule has 8 nitrogen and oxygen atoms in total. The van der Waals surface area contributed by atoms with Crippen LogP contribution in [0.25, 0.3) is 10.8 Å². The normalized spacial score (nSPS) is 18.1. The highest BCUT2D eigenvalue weighted by atomic mass is 35.5. The monoisotopic (exact) mass is 474 g/mol. The molecule has 10 heteroatoms. The van der Waals surface area contributed by atoms with Gasteiger partial charge in [0.05, 0.1) is 10.6 Å². The number of aromatic nitrogens is 1. The Morgan fingerprint density at radius 2 is 1.75 bits per heavy atom. The molecule has 2 aliphatic rings. The van der Waals surface area contributed by atoms with Gasteiger partial charge >= 0.3 is 5.91 Å². The van der Waals surface area contributed by atoms with Gasteiger partial charge in [-0.25, -0.2) is 13.4 Å². The van der Waals surface area contributed by atoms with Crippen LogP contribution in [0.5, 0.6) is 0 Å². The third-order valence-electron chi connectivity index (χ3n) is 6.04. The summed E-state index contributed by atoms with van der Waals surface area (Å²) in [5.74, 6) is 0.571. The molecule has 1 aromatic heterocycles. The summed E-state index contributed by atoms with van der Waals surface area (Å²) in [4.78, 5) is 21.2. The summed E-state index contributed by atoms with van der Waals surface area (Å²) in [6.07, 6.45) is 0.732. The molecular formula is C22H23ClN4O4S. The van der Waals surface area contributed by atoms with Crippen molar-refractivity contribution in [3.8, 4) is 0 Å². The Kier molecular flexibility index (Phi) is 5.45. The summed E-state index contributed by atoms with van der Waals surface area (Å²) in [6.45, 7) is 2.54. The fraction of sp³-hybridized carbons (Fsp3) is 0.364. The van der Waals surface area contributed by atoms with E-state index in [1.54, 1.807) is 41.3 Å². The van der Waals surface area contributed by atoms with Crippen LogP contribution in [0.15, 0.2) is 45.7 Å². The van der Waals surface area contributed by atoms with Gasteiger partial charge in [-0.3, -0.25) is 9.69 Å². The zero-order valence-electron chi connectivity index (χ0n) is 17.6. The maximum atomic E-state index is 13.2. The Balaban J connectivity index is 1.29. The van der Waals surface area contributed by atoms with Gasteiger partial charge in [0.2, 0.25) is 10.0 Å². The van der Waals surface area contributed by atoms with Gasteiger partial charge in [0.25, 0.3) is 5.89 Å². The number of hydrogen-bond acceptors (Lipinski definition) is 6. The topological polar surface area (TPSA) is 87.0 Å². The number of halogens is 1. The minimum Gasteiger partial charge on any atom is -0.437 e. The van der Waals surface area contributed by atoms with Crippen molar-refractivity contribution >= 4 is 38.3 Å². The molecule has 168 valence electrons. The molecule has 0 N–H and O–H groups in total. The molecule has 0 atom stereocenters. The number of carbonyl (C=O) groups is 1. The molecule has 3 aromatic rings. The van der Waals surface area contributed by atoms with Gasteiger partial charge in [-0.2, -0.15) is 4.31 Å². The molecule has 0 bridgehead atoms. The third kappa shape index (κ3) is 3.90. The third-order valence-corrected chi connectivity index (χ3v) is 8.17. The Hall–Kier alpha value is -2.46. The molecule has 0 saturated carbocycles. The van der Waals surface area contributed by atoms with Crippen molar-refractivity contribution in [1.29, 1.82) is 0 Å². The van der Waals surface area contributed by atoms with E-state index in [1.165, 1.54) is 4.31 Å². The first-order chi connectivity index (χ1) is 15.3. The molecule has 3 heterocycles. The molecule has 1 amide bonds. The zero-order chi connectivity index (χ0) is 22.5. The smallest absolute Gasteiger partial charge is 0.309 e. The van der Waals surface area contributed by atoms with Crippen molar-refractivity contribution < 1.29 is 17.6 Å². The van der Waals surface area contributed by atoms with Crippen LogP contribution in [-0.4, -0.2) is 73.2 Å². The molecule has 2 aromatic carbocycles. The van der Waals surface area contributed by atoms with Crippen molar-refractivity contribution in [1.82, 2.24) is 19.1 Å². The molecule has 0 spiro atoms. The Morgan fingerprint density at radius 1 is 1.03 bits per heavy atom. The Morgan fingerprint density at radius 3 is 2.53 bits per heavy atom. The molecule has 2 aliphatic heterocycles. The number of nitrogens with zero attached hydrogens (tertiary/aromatic N) is 4. The van der Waals surface area contributed by atoms with Crippen LogP contribution in [0.3, 0.4) is 0 Å². The SMILES string of the molecule is CN1CCc2oc(C(=O)N3CCN(S(=O)(=O)c4ccc5cc(Cl)ccc5c4)CC3)nc2C1. The molecule has 1 saturated heterocycles. The van der Waals surface area contributed by atoms with Crippen molar-refractivity contribution in [3.05, 3.63) is 58.8 Å². The lowest BCUT2D eigenvalue weighted by Crippen LogP contribution is -2.50. The maximum Gasteiger partial charge on any atom is 0.309 e. The van der Waals surface area contributed by atoms with Gasteiger partial charge in [-0.05, 0) is 42.1 Å². The van der Waals surface area contributed by atoms with E-state index in [0.717, 1.165) is 35.2 Å². The lowest BCUT2D eigenvalue weighted by molar-refractivity contribution is 0.0656. The van der Waals surface area contributed by atoms with Gasteiger partial charge in [-0.1, -0.05) is 23.7 Å². The minimum atomic E-state index is -3.67. The van der Waals surface area contributed by atoms with E-state index in [4.69, 9.17) is 16.0 Å². The minimum absolute atomic E-state index is 0.0924. The number of fused-ring (bicyclic) bond motifs is 2. The lowest BCUT2D eigenvalue weighted by atomic mass is 10.1. The first kappa shape index (κ1) is 21.4. The molecule has 5 rings (SSSR count). The van der Waals surface area contributed by atoms with Crippen LogP contribution < -0.4 is 0 Å². The van der Waals surface area contributed by atoms with Crippen molar-refractivity contribution in [3.63, 3.8) is 0 Å². The summed E-state index contributed by atoms with van der Waals surface area (Å²) in [5.41, 5.74) is 0.806. The predicted octanol–water partition coefficient (Wildman–Crippen LogP) is 2.62. The predicted molar refractivity (Wildman–Crippen MR) is 120 cm³/mol. The van der Waals surface area contributed by atoms with E-state index in [0.29, 0.717) is 11.6 Å². The second kappa shape index (κ2) is 8.15. The van der Waals surface area contributed by atoms with E-state index in [9.17, 15) is 13.2 Å². The first-order valence-corrected chi connectivity index (χ1v) is 12.3. The number of rotatable bonds is 3. The van der Waals surface area contributed by atoms with Crippen LogP contribution in [-0.2, 0) is 23.0 Å². The van der Waals surface area contributed by atoms with Gasteiger partial charge in [0.1, 0.15) is 5.76 Å². The summed E-state index contributed by atoms with van der Waals surface area (Å²) in [5, 5.41) is 2.29. The zero-order valence-corrected chi connectivity index (χ0v) is 19.2. The number of likely N-dealkylation sites (N-methyl/N-ethyl adjacent to an activating group) is 1. The molecule has 0 unspecified atom stereocenters. The molecule has 1 fully saturated rings. The van der Waals surface area contributed by atoms with Crippen LogP contribution in [0.2, 0.25) is 5.02 Å². The standard InChI is InChI=1S/C22H23ClN4O4S/c1-25-7-6-20-19(14-25)24-21(31-20)22(28)26-8-10-27(11-9-26)32(29,30)18-5-3-15-12-17(23)4-2-16(15)13-18/h2-5,12-13H,6-11,14H2,1H3. The highest BCUT2D eigenvalue weighted by molar-refractivity contribution is 7.89. The van der Waals surface area contributed by atoms with Crippen LogP contribution >= 0.6 is 11.6 Å². The van der Waals surface area contributed by atoms with E-state index in [2.05, 4.69) is 9.88 Å². The number of amides is 1. The second-order valence-corrected chi connectivity index (χ2v) is 10.6. The average molecular weight is 475 g/mol. The van der Waals surface area contributed by atoms with Crippen molar-refractivity contribution in [2.45, 2.75) is 17.9 Å². The maximum absolute atomic E-state index is 13.2. The van der Waals surface area contributed by atoms with Gasteiger partial charge < -0.3 is 9.32 Å². The average Bonchev–Trinajstić information content (AvgIpc) is 3.21. The fourth-order valence-electron chi connectivity index (χ4n) is 4.19. The fourth-order valence-corrected chi connectivity index (χ4v) is 5.83. The summed E-state index contributed by atoms with van der Waals surface area (Å²) >= 11 is 6.02. The number of piperazine rings is 1. The highest BCUT2D eigenvalue weighted by Crippen LogP contribution is 2.26. The van der Waals surface area contributed by atoms with E-state index in [-0.39, 0.29) is 42.9 Å². The highest BCUT2D eigenvalue weighted by Gasteiger charge is 2.33. The molecule has 32 heavy (non-hydrogen) atoms. The second-order valence-electron chi connectivity index (χ2n) is 8.23. The first-order valence-electron chi connectivity index (χ1n) is 10.5. The van der Waals surface area contributed by atoms with Crippen LogP contribution in [0.1, 0.15) is 22.1 Å². The number of benzene rings is 2. The van der Waals surface area contributed by atoms with Crippen LogP contribution in [0, 0.1) is 0 Å². The largest absolute Gasteiger partial charge is 0.437 e. The van der Waals surface area contributed by atoms with E-state index in [1.807, 2.05) is 7.05 Å². The molecular weight excluding hydrogens is 452 g/mol. The van der Waals surface area contributed by atoms with Gasteiger partial charge in [-0.15, -0.1) is 0 Å². The lowest BCUT2D eigenvalue weighted by Gasteiger charge is -2.33. The van der Waals surface area contributed by atoms with Crippen molar-refractivity contribution in [2.75, 3.05) is 39.8 Å². The molecule has 0 aliphatic carbocycles. The van der Waals surface area contributed by atoms with Gasteiger partial charge in [0, 0.05) is 50.7 Å². The van der Waals surface area contributed by atoms with E-state index >= 15 is 0 Å². The molecule has 0 radical (unpaired) electrons. The van der Waals surface area contributed by atoms with E-state index < -0.39 is 10.0 Å². The Labute approximate surface area is 191 Å². The van der Waals surface area contributed by atoms with Gasteiger partial charge in [0.15, 0.2) is 0 Å². The summed E-state index contributed by atoms with van der Waals surface area (Å²) in [6, 6.07) is 10.4. The number of carbonyl (C=O) groups excluding carboxylic acids is 1. The van der Waals surface area contributed by atoms with Crippen LogP contribution in [0.4, 0.5) is 0 Å². The Bertz CT molecular complexity index is 1300. The summed E-state index contributed by atoms with van der Waals surface area (Å²) < 4.78 is 33.5. The number of oxazole rings is 1. The number of sulfonamides is 1. The number of hydrogen-bond donors (Lipinski definition) is 0. The quantitative estimate of drug-likeness (QED) is 0.580.